The van der Waals surface area contributed by atoms with Gasteiger partial charge in [-0.05, 0) is 12.1 Å². The third kappa shape index (κ3) is 2.19. The van der Waals surface area contributed by atoms with Gasteiger partial charge in [0.25, 0.3) is 0 Å². The van der Waals surface area contributed by atoms with Crippen LogP contribution in [0.4, 0.5) is 5.69 Å². The van der Waals surface area contributed by atoms with E-state index in [-0.39, 0.29) is 12.6 Å². The van der Waals surface area contributed by atoms with Crippen LogP contribution < -0.4 is 4.90 Å². The molecular weight excluding hydrogens is 246 g/mol. The number of aliphatic hydroxyl groups excluding tert-OH is 1. The lowest BCUT2D eigenvalue weighted by Gasteiger charge is -2.37. The zero-order chi connectivity index (χ0) is 13.9. The van der Waals surface area contributed by atoms with Crippen LogP contribution in [0.5, 0.6) is 0 Å². The molecule has 1 aliphatic heterocycles. The zero-order valence-corrected chi connectivity index (χ0v) is 11.2. The van der Waals surface area contributed by atoms with E-state index < -0.39 is 11.7 Å². The molecule has 104 valence electrons. The van der Waals surface area contributed by atoms with Crippen molar-refractivity contribution in [1.29, 1.82) is 0 Å². The molecule has 1 N–H and O–H groups in total. The number of anilines is 1. The number of rotatable bonds is 4. The quantitative estimate of drug-likeness (QED) is 0.828. The SMILES string of the molecule is CCC1(C(=O)OC)OCC(CO)N1c1ccccc1. The molecular formula is C14H19NO4. The number of nitrogens with zero attached hydrogens (tertiary/aromatic N) is 1. The molecule has 1 aromatic rings. The number of carbonyl (C=O) groups excluding carboxylic acids is 1. The highest BCUT2D eigenvalue weighted by atomic mass is 16.6. The Morgan fingerprint density at radius 3 is 2.74 bits per heavy atom. The number of esters is 1. The Hall–Kier alpha value is -1.59. The van der Waals surface area contributed by atoms with E-state index in [4.69, 9.17) is 9.47 Å². The molecule has 1 aliphatic rings. The molecule has 0 bridgehead atoms. The Morgan fingerprint density at radius 2 is 2.21 bits per heavy atom. The second-order valence-electron chi connectivity index (χ2n) is 4.48. The molecule has 2 rings (SSSR count). The average Bonchev–Trinajstić information content (AvgIpc) is 2.87. The number of aliphatic hydroxyl groups is 1. The molecule has 19 heavy (non-hydrogen) atoms. The summed E-state index contributed by atoms with van der Waals surface area (Å²) in [7, 11) is 1.35. The molecule has 2 unspecified atom stereocenters. The van der Waals surface area contributed by atoms with Crippen molar-refractivity contribution in [2.24, 2.45) is 0 Å². The number of benzene rings is 1. The van der Waals surface area contributed by atoms with Gasteiger partial charge in [0.2, 0.25) is 5.72 Å². The van der Waals surface area contributed by atoms with Crippen LogP contribution >= 0.6 is 0 Å². The first-order valence-corrected chi connectivity index (χ1v) is 6.37. The van der Waals surface area contributed by atoms with Crippen molar-refractivity contribution in [2.75, 3.05) is 25.2 Å². The molecule has 2 atom stereocenters. The van der Waals surface area contributed by atoms with Crippen LogP contribution in [0.1, 0.15) is 13.3 Å². The highest BCUT2D eigenvalue weighted by Gasteiger charge is 2.53. The summed E-state index contributed by atoms with van der Waals surface area (Å²) in [5.41, 5.74) is -0.310. The molecule has 0 aromatic heterocycles. The first kappa shape index (κ1) is 13.8. The summed E-state index contributed by atoms with van der Waals surface area (Å²) < 4.78 is 10.6. The molecule has 1 aromatic carbocycles. The molecule has 0 aliphatic carbocycles. The van der Waals surface area contributed by atoms with Gasteiger partial charge >= 0.3 is 5.97 Å². The van der Waals surface area contributed by atoms with Gasteiger partial charge < -0.3 is 19.5 Å². The first-order chi connectivity index (χ1) is 9.19. The maximum absolute atomic E-state index is 12.1. The van der Waals surface area contributed by atoms with Gasteiger partial charge in [0, 0.05) is 12.1 Å². The second-order valence-corrected chi connectivity index (χ2v) is 4.48. The molecule has 1 saturated heterocycles. The van der Waals surface area contributed by atoms with Gasteiger partial charge in [0.05, 0.1) is 26.4 Å². The largest absolute Gasteiger partial charge is 0.465 e. The minimum Gasteiger partial charge on any atom is -0.465 e. The number of para-hydroxylation sites is 1. The Labute approximate surface area is 112 Å². The number of methoxy groups -OCH3 is 1. The molecule has 0 amide bonds. The van der Waals surface area contributed by atoms with Crippen molar-refractivity contribution >= 4 is 11.7 Å². The van der Waals surface area contributed by atoms with E-state index in [1.807, 2.05) is 42.2 Å². The Bertz CT molecular complexity index is 436. The van der Waals surface area contributed by atoms with E-state index in [0.29, 0.717) is 13.0 Å². The smallest absolute Gasteiger partial charge is 0.359 e. The van der Waals surface area contributed by atoms with E-state index in [1.165, 1.54) is 7.11 Å². The van der Waals surface area contributed by atoms with Crippen LogP contribution in [0.3, 0.4) is 0 Å². The van der Waals surface area contributed by atoms with E-state index in [9.17, 15) is 9.90 Å². The molecule has 1 heterocycles. The van der Waals surface area contributed by atoms with Crippen LogP contribution in [0.2, 0.25) is 0 Å². The van der Waals surface area contributed by atoms with E-state index in [2.05, 4.69) is 0 Å². The van der Waals surface area contributed by atoms with Crippen molar-refractivity contribution in [3.63, 3.8) is 0 Å². The fourth-order valence-corrected chi connectivity index (χ4v) is 2.55. The molecule has 5 nitrogen and oxygen atoms in total. The molecule has 0 radical (unpaired) electrons. The van der Waals surface area contributed by atoms with Crippen molar-refractivity contribution in [3.8, 4) is 0 Å². The zero-order valence-electron chi connectivity index (χ0n) is 11.2. The van der Waals surface area contributed by atoms with Crippen molar-refractivity contribution < 1.29 is 19.4 Å². The van der Waals surface area contributed by atoms with Gasteiger partial charge in [-0.15, -0.1) is 0 Å². The minimum absolute atomic E-state index is 0.0758. The molecule has 1 fully saturated rings. The maximum Gasteiger partial charge on any atom is 0.359 e. The third-order valence-corrected chi connectivity index (χ3v) is 3.50. The average molecular weight is 265 g/mol. The van der Waals surface area contributed by atoms with Crippen molar-refractivity contribution in [2.45, 2.75) is 25.1 Å². The molecule has 0 saturated carbocycles. The summed E-state index contributed by atoms with van der Waals surface area (Å²) in [6, 6.07) is 9.22. The van der Waals surface area contributed by atoms with Gasteiger partial charge in [0.1, 0.15) is 0 Å². The van der Waals surface area contributed by atoms with E-state index in [1.54, 1.807) is 0 Å². The standard InChI is InChI=1S/C14H19NO4/c1-3-14(13(17)18-2)15(12(9-16)10-19-14)11-7-5-4-6-8-11/h4-8,12,16H,3,9-10H2,1-2H3. The first-order valence-electron chi connectivity index (χ1n) is 6.37. The number of hydrogen-bond acceptors (Lipinski definition) is 5. The number of carbonyl (C=O) groups is 1. The second kappa shape index (κ2) is 5.59. The Kier molecular flexibility index (Phi) is 4.07. The molecule has 0 spiro atoms. The maximum atomic E-state index is 12.1. The minimum atomic E-state index is -1.15. The van der Waals surface area contributed by atoms with Gasteiger partial charge in [-0.1, -0.05) is 25.1 Å². The topological polar surface area (TPSA) is 59.0 Å². The Morgan fingerprint density at radius 1 is 1.53 bits per heavy atom. The third-order valence-electron chi connectivity index (χ3n) is 3.50. The summed E-state index contributed by atoms with van der Waals surface area (Å²) in [5, 5.41) is 9.51. The predicted octanol–water partition coefficient (Wildman–Crippen LogP) is 1.16. The van der Waals surface area contributed by atoms with Crippen LogP contribution in [0.25, 0.3) is 0 Å². The van der Waals surface area contributed by atoms with E-state index in [0.717, 1.165) is 5.69 Å². The van der Waals surface area contributed by atoms with Gasteiger partial charge in [-0.3, -0.25) is 0 Å². The fourth-order valence-electron chi connectivity index (χ4n) is 2.55. The lowest BCUT2D eigenvalue weighted by molar-refractivity contribution is -0.163. The summed E-state index contributed by atoms with van der Waals surface area (Å²) in [6.45, 7) is 2.09. The highest BCUT2D eigenvalue weighted by molar-refractivity contribution is 5.84. The van der Waals surface area contributed by atoms with E-state index >= 15 is 0 Å². The van der Waals surface area contributed by atoms with Gasteiger partial charge in [-0.25, -0.2) is 4.79 Å². The summed E-state index contributed by atoms with van der Waals surface area (Å²) in [4.78, 5) is 14.0. The summed E-state index contributed by atoms with van der Waals surface area (Å²) in [5.74, 6) is -0.435. The number of ether oxygens (including phenoxy) is 2. The van der Waals surface area contributed by atoms with Gasteiger partial charge in [-0.2, -0.15) is 0 Å². The lowest BCUT2D eigenvalue weighted by atomic mass is 10.1. The number of hydrogen-bond donors (Lipinski definition) is 1. The van der Waals surface area contributed by atoms with Crippen LogP contribution in [0, 0.1) is 0 Å². The van der Waals surface area contributed by atoms with Crippen LogP contribution in [-0.4, -0.2) is 43.2 Å². The fraction of sp³-hybridized carbons (Fsp3) is 0.500. The summed E-state index contributed by atoms with van der Waals surface area (Å²) >= 11 is 0. The van der Waals surface area contributed by atoms with Crippen LogP contribution in [-0.2, 0) is 14.3 Å². The monoisotopic (exact) mass is 265 g/mol. The van der Waals surface area contributed by atoms with Crippen LogP contribution in [0.15, 0.2) is 30.3 Å². The highest BCUT2D eigenvalue weighted by Crippen LogP contribution is 2.36. The van der Waals surface area contributed by atoms with Gasteiger partial charge in [0.15, 0.2) is 0 Å². The Balaban J connectivity index is 2.45. The summed E-state index contributed by atoms with van der Waals surface area (Å²) in [6.07, 6.45) is 0.449. The lowest BCUT2D eigenvalue weighted by Crippen LogP contribution is -2.55. The van der Waals surface area contributed by atoms with Crippen molar-refractivity contribution in [3.05, 3.63) is 30.3 Å². The van der Waals surface area contributed by atoms with Crippen molar-refractivity contribution in [1.82, 2.24) is 0 Å². The predicted molar refractivity (Wildman–Crippen MR) is 70.8 cm³/mol. The molecule has 5 heteroatoms. The normalized spacial score (nSPS) is 26.5.